The molecular weight excluding hydrogens is 448 g/mol. The van der Waals surface area contributed by atoms with Gasteiger partial charge in [0.25, 0.3) is 0 Å². The van der Waals surface area contributed by atoms with Crippen molar-refractivity contribution in [3.63, 3.8) is 0 Å². The topological polar surface area (TPSA) is 43.7 Å². The number of hydrogen-bond donors (Lipinski definition) is 0. The molecule has 0 unspecified atom stereocenters. The average Bonchev–Trinajstić information content (AvgIpc) is 3.22. The largest absolute Gasteiger partial charge is 0.497 e. The maximum atomic E-state index is 12.7. The van der Waals surface area contributed by atoms with Crippen molar-refractivity contribution in [2.45, 2.75) is 26.6 Å². The quantitative estimate of drug-likeness (QED) is 0.264. The maximum absolute atomic E-state index is 12.7. The summed E-state index contributed by atoms with van der Waals surface area (Å²) in [5.41, 5.74) is 4.10. The SMILES string of the molecule is CCOC(=O)c1cc2cc(OC)ccc2n1CCN(Cc1ccccc1)Cc1ccccc1.Cl. The van der Waals surface area contributed by atoms with Gasteiger partial charge in [-0.1, -0.05) is 60.7 Å². The van der Waals surface area contributed by atoms with E-state index in [1.165, 1.54) is 11.1 Å². The zero-order valence-electron chi connectivity index (χ0n) is 19.6. The van der Waals surface area contributed by atoms with Gasteiger partial charge in [0.15, 0.2) is 0 Å². The molecule has 3 aromatic carbocycles. The third kappa shape index (κ3) is 6.19. The van der Waals surface area contributed by atoms with E-state index in [4.69, 9.17) is 9.47 Å². The summed E-state index contributed by atoms with van der Waals surface area (Å²) in [6, 6.07) is 28.8. The number of ether oxygens (including phenoxy) is 2. The van der Waals surface area contributed by atoms with Gasteiger partial charge in [-0.3, -0.25) is 4.90 Å². The number of fused-ring (bicyclic) bond motifs is 1. The molecule has 4 aromatic rings. The molecule has 0 aliphatic carbocycles. The first kappa shape index (κ1) is 25.3. The lowest BCUT2D eigenvalue weighted by atomic mass is 10.1. The van der Waals surface area contributed by atoms with Crippen LogP contribution in [0.1, 0.15) is 28.5 Å². The van der Waals surface area contributed by atoms with E-state index in [-0.39, 0.29) is 18.4 Å². The van der Waals surface area contributed by atoms with Gasteiger partial charge in [0.05, 0.1) is 13.7 Å². The number of halogens is 1. The molecule has 0 bridgehead atoms. The highest BCUT2D eigenvalue weighted by molar-refractivity contribution is 5.96. The van der Waals surface area contributed by atoms with E-state index in [1.54, 1.807) is 7.11 Å². The minimum atomic E-state index is -0.301. The van der Waals surface area contributed by atoms with Gasteiger partial charge >= 0.3 is 5.97 Å². The molecule has 1 aromatic heterocycles. The third-order valence-electron chi connectivity index (χ3n) is 5.73. The molecule has 0 N–H and O–H groups in total. The molecule has 0 saturated heterocycles. The molecule has 0 amide bonds. The molecule has 0 aliphatic heterocycles. The van der Waals surface area contributed by atoms with Crippen molar-refractivity contribution in [3.8, 4) is 5.75 Å². The molecule has 0 radical (unpaired) electrons. The van der Waals surface area contributed by atoms with Crippen LogP contribution in [0.15, 0.2) is 84.9 Å². The van der Waals surface area contributed by atoms with Crippen LogP contribution in [0.4, 0.5) is 0 Å². The van der Waals surface area contributed by atoms with Crippen molar-refractivity contribution in [3.05, 3.63) is 102 Å². The summed E-state index contributed by atoms with van der Waals surface area (Å²) < 4.78 is 12.8. The Morgan fingerprint density at radius 3 is 2.06 bits per heavy atom. The highest BCUT2D eigenvalue weighted by atomic mass is 35.5. The summed E-state index contributed by atoms with van der Waals surface area (Å²) in [5, 5.41) is 0.968. The Morgan fingerprint density at radius 1 is 0.882 bits per heavy atom. The summed E-state index contributed by atoms with van der Waals surface area (Å²) >= 11 is 0. The predicted molar refractivity (Wildman–Crippen MR) is 139 cm³/mol. The molecule has 178 valence electrons. The Hall–Kier alpha value is -3.28. The van der Waals surface area contributed by atoms with Gasteiger partial charge in [0, 0.05) is 37.1 Å². The lowest BCUT2D eigenvalue weighted by molar-refractivity contribution is 0.0513. The number of rotatable bonds is 10. The van der Waals surface area contributed by atoms with E-state index in [0.29, 0.717) is 18.8 Å². The Balaban J connectivity index is 0.00000324. The average molecular weight is 479 g/mol. The fourth-order valence-corrected chi connectivity index (χ4v) is 4.13. The fourth-order valence-electron chi connectivity index (χ4n) is 4.13. The van der Waals surface area contributed by atoms with Crippen molar-refractivity contribution in [1.29, 1.82) is 0 Å². The molecular formula is C28H31ClN2O3. The molecule has 0 fully saturated rings. The van der Waals surface area contributed by atoms with Crippen LogP contribution in [-0.2, 0) is 24.4 Å². The van der Waals surface area contributed by atoms with E-state index in [0.717, 1.165) is 36.3 Å². The number of hydrogen-bond acceptors (Lipinski definition) is 4. The number of methoxy groups -OCH3 is 1. The molecule has 0 atom stereocenters. The summed E-state index contributed by atoms with van der Waals surface area (Å²) in [7, 11) is 1.65. The molecule has 0 saturated carbocycles. The first-order valence-electron chi connectivity index (χ1n) is 11.3. The van der Waals surface area contributed by atoms with Crippen molar-refractivity contribution < 1.29 is 14.3 Å². The van der Waals surface area contributed by atoms with Crippen molar-refractivity contribution in [2.75, 3.05) is 20.3 Å². The van der Waals surface area contributed by atoms with Crippen LogP contribution in [0, 0.1) is 0 Å². The summed E-state index contributed by atoms with van der Waals surface area (Å²) in [4.78, 5) is 15.1. The summed E-state index contributed by atoms with van der Waals surface area (Å²) in [6.45, 7) is 5.29. The van der Waals surface area contributed by atoms with E-state index in [2.05, 4.69) is 58.0 Å². The van der Waals surface area contributed by atoms with Gasteiger partial charge in [-0.15, -0.1) is 12.4 Å². The number of nitrogens with zero attached hydrogens (tertiary/aromatic N) is 2. The minimum Gasteiger partial charge on any atom is -0.497 e. The lowest BCUT2D eigenvalue weighted by Crippen LogP contribution is -2.28. The zero-order valence-corrected chi connectivity index (χ0v) is 20.5. The number of benzene rings is 3. The first-order chi connectivity index (χ1) is 16.2. The van der Waals surface area contributed by atoms with E-state index in [1.807, 2.05) is 43.3 Å². The van der Waals surface area contributed by atoms with Crippen LogP contribution in [0.25, 0.3) is 10.9 Å². The van der Waals surface area contributed by atoms with E-state index in [9.17, 15) is 4.79 Å². The molecule has 34 heavy (non-hydrogen) atoms. The second kappa shape index (κ2) is 12.3. The lowest BCUT2D eigenvalue weighted by Gasteiger charge is -2.24. The van der Waals surface area contributed by atoms with Crippen LogP contribution in [-0.4, -0.2) is 35.7 Å². The van der Waals surface area contributed by atoms with Gasteiger partial charge < -0.3 is 14.0 Å². The highest BCUT2D eigenvalue weighted by Gasteiger charge is 2.18. The van der Waals surface area contributed by atoms with Gasteiger partial charge in [0.1, 0.15) is 11.4 Å². The van der Waals surface area contributed by atoms with Crippen molar-refractivity contribution >= 4 is 29.3 Å². The molecule has 6 heteroatoms. The van der Waals surface area contributed by atoms with Gasteiger partial charge in [-0.05, 0) is 42.3 Å². The van der Waals surface area contributed by atoms with Crippen LogP contribution in [0.3, 0.4) is 0 Å². The van der Waals surface area contributed by atoms with Crippen LogP contribution < -0.4 is 4.74 Å². The Labute approximate surface area is 207 Å². The van der Waals surface area contributed by atoms with E-state index >= 15 is 0 Å². The smallest absolute Gasteiger partial charge is 0.354 e. The predicted octanol–water partition coefficient (Wildman–Crippen LogP) is 5.95. The Morgan fingerprint density at radius 2 is 1.50 bits per heavy atom. The Bertz CT molecular complexity index is 1150. The van der Waals surface area contributed by atoms with Gasteiger partial charge in [0.2, 0.25) is 0 Å². The Kier molecular flexibility index (Phi) is 9.14. The highest BCUT2D eigenvalue weighted by Crippen LogP contribution is 2.25. The second-order valence-electron chi connectivity index (χ2n) is 8.01. The monoisotopic (exact) mass is 478 g/mol. The van der Waals surface area contributed by atoms with Gasteiger partial charge in [-0.2, -0.15) is 0 Å². The number of aromatic nitrogens is 1. The normalized spacial score (nSPS) is 10.8. The fraction of sp³-hybridized carbons (Fsp3) is 0.250. The first-order valence-corrected chi connectivity index (χ1v) is 11.3. The minimum absolute atomic E-state index is 0. The zero-order chi connectivity index (χ0) is 23.0. The molecule has 4 rings (SSSR count). The standard InChI is InChI=1S/C28H30N2O3.ClH/c1-3-33-28(31)27-19-24-18-25(32-2)14-15-26(24)30(27)17-16-29(20-22-10-6-4-7-11-22)21-23-12-8-5-9-13-23;/h4-15,18-19H,3,16-17,20-21H2,1-2H3;1H. The number of esters is 1. The van der Waals surface area contributed by atoms with Crippen molar-refractivity contribution in [1.82, 2.24) is 9.47 Å². The molecule has 1 heterocycles. The summed E-state index contributed by atoms with van der Waals surface area (Å²) in [6.07, 6.45) is 0. The molecule has 0 aliphatic rings. The van der Waals surface area contributed by atoms with Crippen LogP contribution in [0.5, 0.6) is 5.75 Å². The second-order valence-corrected chi connectivity index (χ2v) is 8.01. The van der Waals surface area contributed by atoms with E-state index < -0.39 is 0 Å². The number of carbonyl (C=O) groups is 1. The molecule has 0 spiro atoms. The maximum Gasteiger partial charge on any atom is 0.354 e. The third-order valence-corrected chi connectivity index (χ3v) is 5.73. The van der Waals surface area contributed by atoms with Crippen LogP contribution in [0.2, 0.25) is 0 Å². The summed E-state index contributed by atoms with van der Waals surface area (Å²) in [5.74, 6) is 0.468. The van der Waals surface area contributed by atoms with Gasteiger partial charge in [-0.25, -0.2) is 4.79 Å². The number of carbonyl (C=O) groups excluding carboxylic acids is 1. The molecule has 5 nitrogen and oxygen atoms in total. The van der Waals surface area contributed by atoms with Crippen LogP contribution >= 0.6 is 12.4 Å². The van der Waals surface area contributed by atoms with Crippen molar-refractivity contribution in [2.24, 2.45) is 0 Å².